The van der Waals surface area contributed by atoms with Crippen LogP contribution in [-0.4, -0.2) is 44.5 Å². The van der Waals surface area contributed by atoms with Crippen LogP contribution in [0.3, 0.4) is 0 Å². The molecule has 1 saturated heterocycles. The van der Waals surface area contributed by atoms with Gasteiger partial charge in [-0.3, -0.25) is 4.79 Å². The lowest BCUT2D eigenvalue weighted by Gasteiger charge is -2.18. The maximum atomic E-state index is 12.5. The fourth-order valence-electron chi connectivity index (χ4n) is 3.66. The van der Waals surface area contributed by atoms with Crippen LogP contribution < -0.4 is 5.32 Å². The van der Waals surface area contributed by atoms with Crippen molar-refractivity contribution in [1.29, 1.82) is 0 Å². The summed E-state index contributed by atoms with van der Waals surface area (Å²) in [6.07, 6.45) is 8.12. The summed E-state index contributed by atoms with van der Waals surface area (Å²) in [5.41, 5.74) is 1.02. The summed E-state index contributed by atoms with van der Waals surface area (Å²) in [6.45, 7) is 5.86. The molecule has 0 bridgehead atoms. The second-order valence-corrected chi connectivity index (χ2v) is 7.89. The van der Waals surface area contributed by atoms with Gasteiger partial charge in [-0.2, -0.15) is 0 Å². The number of carbonyl (C=O) groups excluding carboxylic acids is 1. The first-order valence-corrected chi connectivity index (χ1v) is 9.46. The fraction of sp³-hybridized carbons (Fsp3) is 0.632. The zero-order valence-corrected chi connectivity index (χ0v) is 15.7. The van der Waals surface area contributed by atoms with Gasteiger partial charge in [0.25, 0.3) is 0 Å². The second kappa shape index (κ2) is 6.87. The molecule has 2 aromatic rings. The zero-order chi connectivity index (χ0) is 18.3. The van der Waals surface area contributed by atoms with E-state index in [0.29, 0.717) is 25.6 Å². The lowest BCUT2D eigenvalue weighted by Crippen LogP contribution is -2.37. The monoisotopic (exact) mass is 357 g/mol. The largest absolute Gasteiger partial charge is 0.444 e. The topological polar surface area (TPSA) is 76.2 Å². The Morgan fingerprint density at radius 1 is 1.35 bits per heavy atom. The highest BCUT2D eigenvalue weighted by Crippen LogP contribution is 2.40. The molecule has 1 aliphatic heterocycles. The van der Waals surface area contributed by atoms with Crippen molar-refractivity contribution < 1.29 is 9.21 Å². The molecule has 0 spiro atoms. The highest BCUT2D eigenvalue weighted by molar-refractivity contribution is 5.78. The SMILES string of the molecule is CC(C)C(=O)N1C[C@@H](NCc2ncc(C3CC3)o2)[C@H](c2cn(C)cn2)C1. The lowest BCUT2D eigenvalue weighted by atomic mass is 10.0. The molecule has 0 unspecified atom stereocenters. The number of carbonyl (C=O) groups is 1. The smallest absolute Gasteiger partial charge is 0.225 e. The molecule has 140 valence electrons. The fourth-order valence-corrected chi connectivity index (χ4v) is 3.66. The second-order valence-electron chi connectivity index (χ2n) is 7.89. The molecule has 4 rings (SSSR count). The Morgan fingerprint density at radius 2 is 2.15 bits per heavy atom. The molecule has 0 radical (unpaired) electrons. The molecule has 2 aromatic heterocycles. The molecule has 26 heavy (non-hydrogen) atoms. The predicted molar refractivity (Wildman–Crippen MR) is 96.5 cm³/mol. The summed E-state index contributed by atoms with van der Waals surface area (Å²) in [5.74, 6) is 2.68. The Bertz CT molecular complexity index is 776. The zero-order valence-electron chi connectivity index (χ0n) is 15.7. The van der Waals surface area contributed by atoms with E-state index in [-0.39, 0.29) is 23.8 Å². The summed E-state index contributed by atoms with van der Waals surface area (Å²) >= 11 is 0. The van der Waals surface area contributed by atoms with E-state index in [9.17, 15) is 4.79 Å². The lowest BCUT2D eigenvalue weighted by molar-refractivity contribution is -0.133. The normalized spacial score (nSPS) is 23.2. The van der Waals surface area contributed by atoms with Crippen LogP contribution in [0.2, 0.25) is 0 Å². The van der Waals surface area contributed by atoms with Crippen molar-refractivity contribution in [2.45, 2.75) is 51.1 Å². The molecule has 2 aliphatic rings. The van der Waals surface area contributed by atoms with Gasteiger partial charge in [-0.1, -0.05) is 13.8 Å². The first-order chi connectivity index (χ1) is 12.5. The first kappa shape index (κ1) is 17.3. The van der Waals surface area contributed by atoms with E-state index in [0.717, 1.165) is 17.3 Å². The number of nitrogens with zero attached hydrogens (tertiary/aromatic N) is 4. The van der Waals surface area contributed by atoms with Crippen LogP contribution in [-0.2, 0) is 18.4 Å². The van der Waals surface area contributed by atoms with Gasteiger partial charge in [-0.05, 0) is 12.8 Å². The minimum atomic E-state index is 0.00553. The summed E-state index contributed by atoms with van der Waals surface area (Å²) in [5, 5.41) is 3.55. The van der Waals surface area contributed by atoms with E-state index < -0.39 is 0 Å². The number of hydrogen-bond acceptors (Lipinski definition) is 5. The van der Waals surface area contributed by atoms with Gasteiger partial charge in [-0.25, -0.2) is 9.97 Å². The summed E-state index contributed by atoms with van der Waals surface area (Å²) < 4.78 is 7.80. The molecule has 3 heterocycles. The van der Waals surface area contributed by atoms with Crippen molar-refractivity contribution in [1.82, 2.24) is 24.8 Å². The van der Waals surface area contributed by atoms with Gasteiger partial charge in [0, 0.05) is 50.1 Å². The highest BCUT2D eigenvalue weighted by Gasteiger charge is 2.38. The van der Waals surface area contributed by atoms with Gasteiger partial charge in [-0.15, -0.1) is 0 Å². The van der Waals surface area contributed by atoms with E-state index in [4.69, 9.17) is 4.42 Å². The number of likely N-dealkylation sites (tertiary alicyclic amines) is 1. The summed E-state index contributed by atoms with van der Waals surface area (Å²) in [6, 6.07) is 0.142. The van der Waals surface area contributed by atoms with Crippen LogP contribution in [0.5, 0.6) is 0 Å². The minimum Gasteiger partial charge on any atom is -0.444 e. The maximum absolute atomic E-state index is 12.5. The molecule has 1 saturated carbocycles. The van der Waals surface area contributed by atoms with Crippen LogP contribution in [0, 0.1) is 5.92 Å². The molecule has 1 N–H and O–H groups in total. The van der Waals surface area contributed by atoms with Crippen molar-refractivity contribution in [3.05, 3.63) is 36.1 Å². The Labute approximate surface area is 153 Å². The number of amides is 1. The van der Waals surface area contributed by atoms with Crippen LogP contribution in [0.4, 0.5) is 0 Å². The Balaban J connectivity index is 1.45. The number of aromatic nitrogens is 3. The highest BCUT2D eigenvalue weighted by atomic mass is 16.4. The number of rotatable bonds is 6. The molecule has 7 heteroatoms. The van der Waals surface area contributed by atoms with Crippen molar-refractivity contribution in [3.63, 3.8) is 0 Å². The summed E-state index contributed by atoms with van der Waals surface area (Å²) in [4.78, 5) is 23.3. The molecule has 2 atom stereocenters. The van der Waals surface area contributed by atoms with Gasteiger partial charge >= 0.3 is 0 Å². The number of aryl methyl sites for hydroxylation is 1. The summed E-state index contributed by atoms with van der Waals surface area (Å²) in [7, 11) is 1.97. The van der Waals surface area contributed by atoms with Crippen molar-refractivity contribution in [2.75, 3.05) is 13.1 Å². The maximum Gasteiger partial charge on any atom is 0.225 e. The third-order valence-corrected chi connectivity index (χ3v) is 5.30. The van der Waals surface area contributed by atoms with Gasteiger partial charge in [0.2, 0.25) is 11.8 Å². The van der Waals surface area contributed by atoms with Crippen LogP contribution in [0.1, 0.15) is 55.9 Å². The molecule has 7 nitrogen and oxygen atoms in total. The van der Waals surface area contributed by atoms with E-state index in [1.807, 2.05) is 49.1 Å². The van der Waals surface area contributed by atoms with E-state index in [2.05, 4.69) is 15.3 Å². The van der Waals surface area contributed by atoms with E-state index in [1.165, 1.54) is 12.8 Å². The van der Waals surface area contributed by atoms with Crippen molar-refractivity contribution in [3.8, 4) is 0 Å². The quantitative estimate of drug-likeness (QED) is 0.856. The third-order valence-electron chi connectivity index (χ3n) is 5.30. The molecule has 1 amide bonds. The Hall–Kier alpha value is -2.15. The van der Waals surface area contributed by atoms with Crippen LogP contribution in [0.25, 0.3) is 0 Å². The van der Waals surface area contributed by atoms with Crippen molar-refractivity contribution in [2.24, 2.45) is 13.0 Å². The molecule has 0 aromatic carbocycles. The number of imidazole rings is 1. The van der Waals surface area contributed by atoms with Gasteiger partial charge in [0.1, 0.15) is 5.76 Å². The third kappa shape index (κ3) is 3.53. The Morgan fingerprint density at radius 3 is 2.81 bits per heavy atom. The van der Waals surface area contributed by atoms with Crippen molar-refractivity contribution >= 4 is 5.91 Å². The molecular weight excluding hydrogens is 330 g/mol. The Kier molecular flexibility index (Phi) is 4.56. The average molecular weight is 357 g/mol. The van der Waals surface area contributed by atoms with E-state index in [1.54, 1.807) is 0 Å². The molecule has 1 aliphatic carbocycles. The van der Waals surface area contributed by atoms with E-state index >= 15 is 0 Å². The first-order valence-electron chi connectivity index (χ1n) is 9.46. The van der Waals surface area contributed by atoms with Gasteiger partial charge in [0.05, 0.1) is 24.8 Å². The minimum absolute atomic E-state index is 0.00553. The van der Waals surface area contributed by atoms with Crippen LogP contribution >= 0.6 is 0 Å². The number of nitrogens with one attached hydrogen (secondary N) is 1. The molecular formula is C19H27N5O2. The van der Waals surface area contributed by atoms with Gasteiger partial charge in [0.15, 0.2) is 0 Å². The van der Waals surface area contributed by atoms with Crippen LogP contribution in [0.15, 0.2) is 23.1 Å². The number of hydrogen-bond donors (Lipinski definition) is 1. The molecule has 2 fully saturated rings. The van der Waals surface area contributed by atoms with Gasteiger partial charge < -0.3 is 19.2 Å². The average Bonchev–Trinajstić information content (AvgIpc) is 3.03. The number of oxazole rings is 1. The standard InChI is InChI=1S/C19H27N5O2/c1-12(2)19(25)24-8-14(15-9-23(3)11-22-15)16(10-24)20-7-18-21-6-17(26-18)13-4-5-13/h6,9,11-14,16,20H,4-5,7-8,10H2,1-3H3/t14-,16+/m0/s1. The predicted octanol–water partition coefficient (Wildman–Crippen LogP) is 2.03.